The van der Waals surface area contributed by atoms with Crippen LogP contribution in [-0.2, 0) is 0 Å². The van der Waals surface area contributed by atoms with Crippen molar-refractivity contribution in [3.05, 3.63) is 48.4 Å². The highest BCUT2D eigenvalue weighted by Gasteiger charge is 2.07. The molecule has 0 radical (unpaired) electrons. The minimum Gasteiger partial charge on any atom is -0.409 e. The van der Waals surface area contributed by atoms with Crippen LogP contribution in [0.25, 0.3) is 0 Å². The average Bonchev–Trinajstić information content (AvgIpc) is 2.47. The number of nitrogens with two attached hydrogens (primary N) is 1. The summed E-state index contributed by atoms with van der Waals surface area (Å²) in [5, 5.41) is 11.4. The maximum absolute atomic E-state index is 8.53. The van der Waals surface area contributed by atoms with Gasteiger partial charge in [0, 0.05) is 12.7 Å². The molecule has 0 fully saturated rings. The van der Waals surface area contributed by atoms with Gasteiger partial charge in [0.2, 0.25) is 0 Å². The molecule has 1 heterocycles. The summed E-state index contributed by atoms with van der Waals surface area (Å²) in [6, 6.07) is 9.79. The molecule has 0 unspecified atom stereocenters. The Morgan fingerprint density at radius 3 is 2.50 bits per heavy atom. The topological polar surface area (TPSA) is 87.6 Å². The lowest BCUT2D eigenvalue weighted by atomic mass is 10.3. The average molecular weight is 243 g/mol. The maximum Gasteiger partial charge on any atom is 0.190 e. The van der Waals surface area contributed by atoms with E-state index in [0.717, 1.165) is 5.69 Å². The Morgan fingerprint density at radius 2 is 1.94 bits per heavy atom. The number of hydrogen-bond donors (Lipinski definition) is 2. The molecule has 0 saturated heterocycles. The van der Waals surface area contributed by atoms with Crippen LogP contribution in [0.4, 0.5) is 11.5 Å². The zero-order chi connectivity index (χ0) is 13.0. The van der Waals surface area contributed by atoms with Crippen LogP contribution >= 0.6 is 0 Å². The number of oxime groups is 1. The highest BCUT2D eigenvalue weighted by molar-refractivity contribution is 5.94. The number of hydrogen-bond acceptors (Lipinski definition) is 5. The molecule has 0 aliphatic heterocycles. The SMILES string of the molecule is CN(c1ccccc1)c1cnc(C(N)=NO)cn1. The van der Waals surface area contributed by atoms with E-state index in [1.807, 2.05) is 42.3 Å². The predicted octanol–water partition coefficient (Wildman–Crippen LogP) is 1.34. The van der Waals surface area contributed by atoms with Crippen molar-refractivity contribution in [2.75, 3.05) is 11.9 Å². The smallest absolute Gasteiger partial charge is 0.190 e. The van der Waals surface area contributed by atoms with Crippen LogP contribution in [0, 0.1) is 0 Å². The molecule has 18 heavy (non-hydrogen) atoms. The van der Waals surface area contributed by atoms with Gasteiger partial charge in [0.15, 0.2) is 11.7 Å². The van der Waals surface area contributed by atoms with Crippen LogP contribution in [-0.4, -0.2) is 28.1 Å². The number of nitrogens with zero attached hydrogens (tertiary/aromatic N) is 4. The molecule has 0 spiro atoms. The molecule has 6 heteroatoms. The second-order valence-electron chi connectivity index (χ2n) is 3.64. The molecule has 2 aromatic rings. The number of amidine groups is 1. The van der Waals surface area contributed by atoms with Gasteiger partial charge < -0.3 is 15.8 Å². The van der Waals surface area contributed by atoms with Crippen molar-refractivity contribution in [1.82, 2.24) is 9.97 Å². The van der Waals surface area contributed by atoms with Gasteiger partial charge in [-0.25, -0.2) is 9.97 Å². The van der Waals surface area contributed by atoms with Crippen LogP contribution in [0.1, 0.15) is 5.69 Å². The van der Waals surface area contributed by atoms with Crippen LogP contribution in [0.5, 0.6) is 0 Å². The third-order valence-electron chi connectivity index (χ3n) is 2.50. The number of rotatable bonds is 3. The third kappa shape index (κ3) is 2.37. The van der Waals surface area contributed by atoms with Crippen LogP contribution < -0.4 is 10.6 Å². The zero-order valence-corrected chi connectivity index (χ0v) is 9.85. The van der Waals surface area contributed by atoms with Crippen LogP contribution in [0.15, 0.2) is 47.9 Å². The summed E-state index contributed by atoms with van der Waals surface area (Å²) < 4.78 is 0. The van der Waals surface area contributed by atoms with Crippen molar-refractivity contribution >= 4 is 17.3 Å². The molecule has 0 atom stereocenters. The third-order valence-corrected chi connectivity index (χ3v) is 2.50. The molecule has 2 rings (SSSR count). The van der Waals surface area contributed by atoms with E-state index in [-0.39, 0.29) is 5.84 Å². The Balaban J connectivity index is 2.25. The Morgan fingerprint density at radius 1 is 1.22 bits per heavy atom. The van der Waals surface area contributed by atoms with Gasteiger partial charge in [-0.2, -0.15) is 0 Å². The Bertz CT molecular complexity index is 538. The minimum atomic E-state index is -0.0589. The molecule has 0 amide bonds. The summed E-state index contributed by atoms with van der Waals surface area (Å²) in [7, 11) is 1.89. The van der Waals surface area contributed by atoms with E-state index in [4.69, 9.17) is 10.9 Å². The van der Waals surface area contributed by atoms with Gasteiger partial charge in [0.25, 0.3) is 0 Å². The number of anilines is 2. The fourth-order valence-electron chi connectivity index (χ4n) is 1.46. The van der Waals surface area contributed by atoms with Gasteiger partial charge in [-0.05, 0) is 12.1 Å². The van der Waals surface area contributed by atoms with Crippen molar-refractivity contribution in [3.63, 3.8) is 0 Å². The quantitative estimate of drug-likeness (QED) is 0.367. The molecule has 6 nitrogen and oxygen atoms in total. The Labute approximate surface area is 104 Å². The van der Waals surface area contributed by atoms with E-state index in [1.165, 1.54) is 6.20 Å². The molecule has 0 saturated carbocycles. The second-order valence-corrected chi connectivity index (χ2v) is 3.64. The summed E-state index contributed by atoms with van der Waals surface area (Å²) in [4.78, 5) is 10.2. The highest BCUT2D eigenvalue weighted by atomic mass is 16.4. The van der Waals surface area contributed by atoms with Crippen LogP contribution in [0.3, 0.4) is 0 Å². The fourth-order valence-corrected chi connectivity index (χ4v) is 1.46. The van der Waals surface area contributed by atoms with Gasteiger partial charge in [0.1, 0.15) is 5.69 Å². The van der Waals surface area contributed by atoms with Crippen molar-refractivity contribution in [3.8, 4) is 0 Å². The molecular weight excluding hydrogens is 230 g/mol. The fraction of sp³-hybridized carbons (Fsp3) is 0.0833. The zero-order valence-electron chi connectivity index (χ0n) is 9.85. The lowest BCUT2D eigenvalue weighted by Crippen LogP contribution is -2.17. The van der Waals surface area contributed by atoms with Gasteiger partial charge >= 0.3 is 0 Å². The number of benzene rings is 1. The molecule has 0 aliphatic rings. The molecule has 1 aromatic heterocycles. The lowest BCUT2D eigenvalue weighted by molar-refractivity contribution is 0.318. The summed E-state index contributed by atoms with van der Waals surface area (Å²) >= 11 is 0. The number of aromatic nitrogens is 2. The molecule has 0 aliphatic carbocycles. The molecule has 3 N–H and O–H groups in total. The van der Waals surface area contributed by atoms with E-state index < -0.39 is 0 Å². The van der Waals surface area contributed by atoms with Gasteiger partial charge in [-0.1, -0.05) is 23.4 Å². The first-order valence-corrected chi connectivity index (χ1v) is 5.31. The highest BCUT2D eigenvalue weighted by Crippen LogP contribution is 2.19. The van der Waals surface area contributed by atoms with Crippen molar-refractivity contribution in [2.45, 2.75) is 0 Å². The van der Waals surface area contributed by atoms with E-state index in [2.05, 4.69) is 15.1 Å². The van der Waals surface area contributed by atoms with E-state index in [1.54, 1.807) is 6.20 Å². The first-order valence-electron chi connectivity index (χ1n) is 5.31. The van der Waals surface area contributed by atoms with Crippen molar-refractivity contribution in [1.29, 1.82) is 0 Å². The van der Waals surface area contributed by atoms with Crippen molar-refractivity contribution < 1.29 is 5.21 Å². The van der Waals surface area contributed by atoms with E-state index >= 15 is 0 Å². The van der Waals surface area contributed by atoms with E-state index in [0.29, 0.717) is 11.5 Å². The summed E-state index contributed by atoms with van der Waals surface area (Å²) in [6.45, 7) is 0. The molecule has 0 bridgehead atoms. The second kappa shape index (κ2) is 5.13. The maximum atomic E-state index is 8.53. The largest absolute Gasteiger partial charge is 0.409 e. The summed E-state index contributed by atoms with van der Waals surface area (Å²) in [5.41, 5.74) is 6.75. The van der Waals surface area contributed by atoms with Gasteiger partial charge in [0.05, 0.1) is 12.4 Å². The van der Waals surface area contributed by atoms with Crippen molar-refractivity contribution in [2.24, 2.45) is 10.9 Å². The Kier molecular flexibility index (Phi) is 3.38. The van der Waals surface area contributed by atoms with Crippen LogP contribution in [0.2, 0.25) is 0 Å². The first kappa shape index (κ1) is 11.8. The van der Waals surface area contributed by atoms with Gasteiger partial charge in [-0.15, -0.1) is 0 Å². The lowest BCUT2D eigenvalue weighted by Gasteiger charge is -2.17. The number of para-hydroxylation sites is 1. The monoisotopic (exact) mass is 243 g/mol. The predicted molar refractivity (Wildman–Crippen MR) is 69.0 cm³/mol. The minimum absolute atomic E-state index is 0.0589. The summed E-state index contributed by atoms with van der Waals surface area (Å²) in [5.74, 6) is 0.618. The van der Waals surface area contributed by atoms with E-state index in [9.17, 15) is 0 Å². The molecular formula is C12H13N5O. The summed E-state index contributed by atoms with van der Waals surface area (Å²) in [6.07, 6.45) is 3.03. The molecule has 1 aromatic carbocycles. The normalized spacial score (nSPS) is 11.3. The molecule has 92 valence electrons. The Hall–Kier alpha value is -2.63. The first-order chi connectivity index (χ1) is 8.72. The van der Waals surface area contributed by atoms with Gasteiger partial charge in [-0.3, -0.25) is 0 Å². The standard InChI is InChI=1S/C12H13N5O/c1-17(9-5-3-2-4-6-9)11-8-14-10(7-15-11)12(13)16-18/h2-8,18H,1H3,(H2,13,16).